The second-order valence-electron chi connectivity index (χ2n) is 17.1. The molecular weight excluding hydrogens is 793 g/mol. The molecule has 0 fully saturated rings. The molecule has 12 aromatic rings. The zero-order valence-corrected chi connectivity index (χ0v) is 36.4. The molecule has 12 rings (SSSR count). The van der Waals surface area contributed by atoms with E-state index in [2.05, 4.69) is 267 Å². The van der Waals surface area contributed by atoms with Gasteiger partial charge in [-0.1, -0.05) is 255 Å². The number of fused-ring (bicyclic) bond motifs is 4. The van der Waals surface area contributed by atoms with E-state index in [-0.39, 0.29) is 0 Å². The molecule has 0 bridgehead atoms. The minimum Gasteiger partial charge on any atom is -0.0622 e. The van der Waals surface area contributed by atoms with Gasteiger partial charge >= 0.3 is 0 Å². The molecule has 0 saturated carbocycles. The Morgan fingerprint density at radius 1 is 0.227 bits per heavy atom. The Morgan fingerprint density at radius 3 is 0.955 bits per heavy atom. The van der Waals surface area contributed by atoms with Crippen molar-refractivity contribution in [3.05, 3.63) is 278 Å². The van der Waals surface area contributed by atoms with Crippen LogP contribution in [0, 0.1) is 0 Å². The number of hydrogen-bond acceptors (Lipinski definition) is 0. The van der Waals surface area contributed by atoms with Crippen molar-refractivity contribution >= 4 is 54.7 Å². The zero-order chi connectivity index (χ0) is 43.8. The van der Waals surface area contributed by atoms with E-state index in [1.54, 1.807) is 0 Å². The monoisotopic (exact) mass is 836 g/mol. The van der Waals surface area contributed by atoms with Crippen LogP contribution in [0.3, 0.4) is 0 Å². The summed E-state index contributed by atoms with van der Waals surface area (Å²) in [4.78, 5) is 0. The van der Waals surface area contributed by atoms with Gasteiger partial charge in [-0.05, 0) is 133 Å². The number of hydrogen-bond donors (Lipinski definition) is 0. The van der Waals surface area contributed by atoms with E-state index < -0.39 is 0 Å². The molecule has 0 aliphatic rings. The molecule has 0 heteroatoms. The lowest BCUT2D eigenvalue weighted by atomic mass is 9.80. The van der Waals surface area contributed by atoms with Crippen molar-refractivity contribution in [2.24, 2.45) is 0 Å². The Morgan fingerprint density at radius 2 is 0.545 bits per heavy atom. The number of benzene rings is 12. The summed E-state index contributed by atoms with van der Waals surface area (Å²) < 4.78 is 0. The van der Waals surface area contributed by atoms with Gasteiger partial charge in [0.15, 0.2) is 0 Å². The highest BCUT2D eigenvalue weighted by Gasteiger charge is 2.23. The Hall–Kier alpha value is -8.58. The maximum Gasteiger partial charge on any atom is -0.00139 e. The topological polar surface area (TPSA) is 0 Å². The average Bonchev–Trinajstić information content (AvgIpc) is 3.40. The Labute approximate surface area is 386 Å². The molecular formula is C66H44. The third kappa shape index (κ3) is 6.88. The fourth-order valence-corrected chi connectivity index (χ4v) is 10.3. The van der Waals surface area contributed by atoms with Crippen molar-refractivity contribution < 1.29 is 0 Å². The minimum atomic E-state index is 1.16. The maximum atomic E-state index is 2.41. The smallest absolute Gasteiger partial charge is 0.00139 e. The molecule has 0 atom stereocenters. The first-order valence-corrected chi connectivity index (χ1v) is 22.8. The van der Waals surface area contributed by atoms with E-state index in [1.807, 2.05) is 0 Å². The van der Waals surface area contributed by atoms with Crippen LogP contribution in [0.15, 0.2) is 261 Å². The molecule has 0 aliphatic heterocycles. The van der Waals surface area contributed by atoms with Crippen LogP contribution in [0.1, 0.15) is 16.7 Å². The summed E-state index contributed by atoms with van der Waals surface area (Å²) in [6.45, 7) is 0. The van der Waals surface area contributed by atoms with Crippen LogP contribution in [0.2, 0.25) is 0 Å². The van der Waals surface area contributed by atoms with Crippen LogP contribution in [0.4, 0.5) is 0 Å². The van der Waals surface area contributed by atoms with Crippen molar-refractivity contribution in [2.75, 3.05) is 0 Å². The van der Waals surface area contributed by atoms with Crippen LogP contribution in [0.25, 0.3) is 110 Å². The summed E-state index contributed by atoms with van der Waals surface area (Å²) in [5.74, 6) is 0. The van der Waals surface area contributed by atoms with Gasteiger partial charge in [-0.3, -0.25) is 0 Å². The molecule has 0 spiro atoms. The summed E-state index contributed by atoms with van der Waals surface area (Å²) >= 11 is 0. The molecule has 0 nitrogen and oxygen atoms in total. The lowest BCUT2D eigenvalue weighted by Gasteiger charge is -2.22. The van der Waals surface area contributed by atoms with Crippen LogP contribution < -0.4 is 0 Å². The summed E-state index contributed by atoms with van der Waals surface area (Å²) in [6, 6.07) is 95.3. The fourth-order valence-electron chi connectivity index (χ4n) is 10.3. The van der Waals surface area contributed by atoms with Crippen molar-refractivity contribution in [1.29, 1.82) is 0 Å². The highest BCUT2D eigenvalue weighted by molar-refractivity contribution is 6.30. The second kappa shape index (κ2) is 16.8. The predicted molar refractivity (Wildman–Crippen MR) is 284 cm³/mol. The van der Waals surface area contributed by atoms with Gasteiger partial charge in [0.2, 0.25) is 0 Å². The second-order valence-corrected chi connectivity index (χ2v) is 17.1. The van der Waals surface area contributed by atoms with Crippen molar-refractivity contribution in [3.8, 4) is 55.6 Å². The summed E-state index contributed by atoms with van der Waals surface area (Å²) in [5, 5.41) is 9.93. The van der Waals surface area contributed by atoms with Gasteiger partial charge in [-0.2, -0.15) is 0 Å². The SMILES string of the molecule is C(=C(c1ccccc1)c1ccccc1)c1ccc(-c2c3ccccc3c(-c3c4ccccc4c(-c4ccc(-c5ccccc5)c(-c5ccccc5)c4)c4ccccc34)c3ccccc23)cc1. The lowest BCUT2D eigenvalue weighted by Crippen LogP contribution is -1.95. The Bertz CT molecular complexity index is 3600. The molecule has 0 aromatic heterocycles. The third-order valence-corrected chi connectivity index (χ3v) is 13.3. The fraction of sp³-hybridized carbons (Fsp3) is 0. The minimum absolute atomic E-state index is 1.16. The molecule has 0 amide bonds. The van der Waals surface area contributed by atoms with Crippen LogP contribution in [-0.4, -0.2) is 0 Å². The van der Waals surface area contributed by atoms with E-state index in [4.69, 9.17) is 0 Å². The lowest BCUT2D eigenvalue weighted by molar-refractivity contribution is 1.55. The number of rotatable bonds is 8. The highest BCUT2D eigenvalue weighted by atomic mass is 14.3. The van der Waals surface area contributed by atoms with E-state index in [0.29, 0.717) is 0 Å². The van der Waals surface area contributed by atoms with Crippen molar-refractivity contribution in [2.45, 2.75) is 0 Å². The van der Waals surface area contributed by atoms with Gasteiger partial charge in [-0.15, -0.1) is 0 Å². The molecule has 0 radical (unpaired) electrons. The molecule has 66 heavy (non-hydrogen) atoms. The molecule has 0 aliphatic carbocycles. The molecule has 0 saturated heterocycles. The Balaban J connectivity index is 1.07. The summed E-state index contributed by atoms with van der Waals surface area (Å²) in [7, 11) is 0. The zero-order valence-electron chi connectivity index (χ0n) is 36.4. The van der Waals surface area contributed by atoms with Gasteiger partial charge in [0.05, 0.1) is 0 Å². The molecule has 0 N–H and O–H groups in total. The first kappa shape index (κ1) is 39.0. The van der Waals surface area contributed by atoms with Crippen LogP contribution in [0.5, 0.6) is 0 Å². The normalized spacial score (nSPS) is 11.3. The molecule has 308 valence electrons. The highest BCUT2D eigenvalue weighted by Crippen LogP contribution is 2.50. The Kier molecular flexibility index (Phi) is 9.97. The van der Waals surface area contributed by atoms with Gasteiger partial charge in [0, 0.05) is 0 Å². The first-order chi connectivity index (χ1) is 32.8. The van der Waals surface area contributed by atoms with E-state index in [1.165, 1.54) is 115 Å². The van der Waals surface area contributed by atoms with E-state index >= 15 is 0 Å². The predicted octanol–water partition coefficient (Wildman–Crippen LogP) is 18.2. The molecule has 12 aromatic carbocycles. The van der Waals surface area contributed by atoms with Gasteiger partial charge < -0.3 is 0 Å². The van der Waals surface area contributed by atoms with Crippen LogP contribution >= 0.6 is 0 Å². The van der Waals surface area contributed by atoms with Gasteiger partial charge in [0.1, 0.15) is 0 Å². The third-order valence-electron chi connectivity index (χ3n) is 13.3. The maximum absolute atomic E-state index is 2.41. The average molecular weight is 837 g/mol. The van der Waals surface area contributed by atoms with E-state index in [0.717, 1.165) is 5.56 Å². The molecule has 0 heterocycles. The van der Waals surface area contributed by atoms with Gasteiger partial charge in [0.25, 0.3) is 0 Å². The first-order valence-electron chi connectivity index (χ1n) is 22.8. The summed E-state index contributed by atoms with van der Waals surface area (Å²) in [5.41, 5.74) is 17.1. The standard InChI is InChI=1S/C66H44/c1-5-21-46(22-6-1)52-42-41-51(44-62(52)49-27-11-4-12-28-49)64-55-31-15-19-35-59(55)66(60-36-20-16-32-56(60)64)65-57-33-17-13-29-53(57)63(54-30-14-18-34-58(54)65)50-39-37-45(38-40-50)43-61(47-23-7-2-8-24-47)48-25-9-3-10-26-48/h1-44H. The summed E-state index contributed by atoms with van der Waals surface area (Å²) in [6.07, 6.45) is 2.31. The van der Waals surface area contributed by atoms with Crippen molar-refractivity contribution in [1.82, 2.24) is 0 Å². The van der Waals surface area contributed by atoms with Gasteiger partial charge in [-0.25, -0.2) is 0 Å². The largest absolute Gasteiger partial charge is 0.0622 e. The van der Waals surface area contributed by atoms with E-state index in [9.17, 15) is 0 Å². The van der Waals surface area contributed by atoms with Crippen molar-refractivity contribution in [3.63, 3.8) is 0 Å². The molecule has 0 unspecified atom stereocenters. The van der Waals surface area contributed by atoms with Crippen LogP contribution in [-0.2, 0) is 0 Å². The quantitative estimate of drug-likeness (QED) is 0.106.